The number of ether oxygens (including phenoxy) is 1. The molecule has 0 fully saturated rings. The molecule has 0 unspecified atom stereocenters. The van der Waals surface area contributed by atoms with Gasteiger partial charge in [0.15, 0.2) is 0 Å². The molecule has 5 heteroatoms. The van der Waals surface area contributed by atoms with E-state index in [1.165, 1.54) is 7.11 Å². The summed E-state index contributed by atoms with van der Waals surface area (Å²) < 4.78 is 4.46. The Balaban J connectivity index is 3.36. The molecule has 1 aromatic rings. The van der Waals surface area contributed by atoms with Crippen LogP contribution in [-0.2, 0) is 4.74 Å². The van der Waals surface area contributed by atoms with Crippen molar-refractivity contribution in [1.29, 1.82) is 0 Å². The van der Waals surface area contributed by atoms with Gasteiger partial charge in [0.1, 0.15) is 0 Å². The fraction of sp³-hybridized carbons (Fsp3) is 0.250. The molecule has 13 heavy (non-hydrogen) atoms. The number of aromatic amines is 1. The maximum Gasteiger partial charge on any atom is 0.340 e. The molecule has 0 saturated carbocycles. The van der Waals surface area contributed by atoms with Gasteiger partial charge in [0.25, 0.3) is 0 Å². The summed E-state index contributed by atoms with van der Waals surface area (Å²) >= 11 is 0. The minimum atomic E-state index is -0.605. The van der Waals surface area contributed by atoms with Crippen molar-refractivity contribution in [3.8, 4) is 0 Å². The quantitative estimate of drug-likeness (QED) is 0.601. The second kappa shape index (κ2) is 3.30. The zero-order chi connectivity index (χ0) is 10.0. The summed E-state index contributed by atoms with van der Waals surface area (Å²) in [5.41, 5.74) is 6.00. The summed E-state index contributed by atoms with van der Waals surface area (Å²) in [6.45, 7) is 1.61. The van der Waals surface area contributed by atoms with Crippen LogP contribution in [0.2, 0.25) is 0 Å². The van der Waals surface area contributed by atoms with Crippen LogP contribution >= 0.6 is 0 Å². The van der Waals surface area contributed by atoms with E-state index in [1.807, 2.05) is 0 Å². The molecule has 0 radical (unpaired) electrons. The Kier molecular flexibility index (Phi) is 2.36. The first kappa shape index (κ1) is 9.31. The second-order valence-electron chi connectivity index (χ2n) is 2.58. The number of aromatic nitrogens is 1. The molecule has 1 aromatic heterocycles. The molecular formula is C8H10N2O3. The molecule has 0 saturated heterocycles. The van der Waals surface area contributed by atoms with Gasteiger partial charge in [-0.2, -0.15) is 0 Å². The zero-order valence-corrected chi connectivity index (χ0v) is 7.38. The normalized spacial score (nSPS) is 9.69. The van der Waals surface area contributed by atoms with Crippen LogP contribution in [0.4, 0.5) is 5.69 Å². The van der Waals surface area contributed by atoms with Crippen LogP contribution in [-0.4, -0.2) is 18.1 Å². The number of esters is 1. The van der Waals surface area contributed by atoms with Crippen molar-refractivity contribution in [2.24, 2.45) is 0 Å². The highest BCUT2D eigenvalue weighted by Gasteiger charge is 2.12. The molecule has 3 N–H and O–H groups in total. The summed E-state index contributed by atoms with van der Waals surface area (Å²) in [5.74, 6) is -0.605. The van der Waals surface area contributed by atoms with E-state index < -0.39 is 5.97 Å². The number of methoxy groups -OCH3 is 1. The third kappa shape index (κ3) is 1.69. The number of nitrogen functional groups attached to an aromatic ring is 1. The molecule has 0 aliphatic carbocycles. The highest BCUT2D eigenvalue weighted by molar-refractivity contribution is 5.95. The predicted octanol–water partition coefficient (Wildman–Crippen LogP) is 0.0521. The van der Waals surface area contributed by atoms with Gasteiger partial charge < -0.3 is 15.5 Å². The van der Waals surface area contributed by atoms with Gasteiger partial charge in [-0.25, -0.2) is 4.79 Å². The van der Waals surface area contributed by atoms with Crippen molar-refractivity contribution in [2.75, 3.05) is 12.8 Å². The average molecular weight is 182 g/mol. The Morgan fingerprint density at radius 3 is 2.77 bits per heavy atom. The summed E-state index contributed by atoms with van der Waals surface area (Å²) in [5, 5.41) is 0. The van der Waals surface area contributed by atoms with Crippen LogP contribution < -0.4 is 11.3 Å². The zero-order valence-electron chi connectivity index (χ0n) is 7.38. The average Bonchev–Trinajstić information content (AvgIpc) is 2.10. The molecule has 0 aliphatic rings. The van der Waals surface area contributed by atoms with E-state index in [0.717, 1.165) is 6.07 Å². The number of anilines is 1. The summed E-state index contributed by atoms with van der Waals surface area (Å²) in [6, 6.07) is 1.12. The van der Waals surface area contributed by atoms with Crippen molar-refractivity contribution in [2.45, 2.75) is 6.92 Å². The fourth-order valence-corrected chi connectivity index (χ4v) is 0.978. The Morgan fingerprint density at radius 2 is 2.23 bits per heavy atom. The fourth-order valence-electron chi connectivity index (χ4n) is 0.978. The maximum atomic E-state index is 11.1. The smallest absolute Gasteiger partial charge is 0.340 e. The number of carbonyl (C=O) groups excluding carboxylic acids is 1. The van der Waals surface area contributed by atoms with Crippen molar-refractivity contribution in [3.05, 3.63) is 27.7 Å². The molecule has 0 atom stereocenters. The Hall–Kier alpha value is -1.78. The number of H-pyrrole nitrogens is 1. The van der Waals surface area contributed by atoms with Crippen molar-refractivity contribution in [3.63, 3.8) is 0 Å². The molecule has 0 amide bonds. The van der Waals surface area contributed by atoms with E-state index in [9.17, 15) is 9.59 Å². The highest BCUT2D eigenvalue weighted by atomic mass is 16.5. The molecular weight excluding hydrogens is 172 g/mol. The highest BCUT2D eigenvalue weighted by Crippen LogP contribution is 2.12. The lowest BCUT2D eigenvalue weighted by atomic mass is 10.2. The number of aryl methyl sites for hydroxylation is 1. The van der Waals surface area contributed by atoms with Crippen LogP contribution in [0.1, 0.15) is 16.1 Å². The molecule has 70 valence electrons. The summed E-state index contributed by atoms with van der Waals surface area (Å²) in [4.78, 5) is 24.5. The van der Waals surface area contributed by atoms with E-state index in [2.05, 4.69) is 9.72 Å². The number of pyridine rings is 1. The van der Waals surface area contributed by atoms with Gasteiger partial charge in [0.2, 0.25) is 5.56 Å². The summed E-state index contributed by atoms with van der Waals surface area (Å²) in [7, 11) is 1.23. The monoisotopic (exact) mass is 182 g/mol. The minimum absolute atomic E-state index is 0.101. The van der Waals surface area contributed by atoms with Gasteiger partial charge in [-0.15, -0.1) is 0 Å². The van der Waals surface area contributed by atoms with E-state index in [-0.39, 0.29) is 16.8 Å². The van der Waals surface area contributed by atoms with Crippen molar-refractivity contribution < 1.29 is 9.53 Å². The predicted molar refractivity (Wildman–Crippen MR) is 47.6 cm³/mol. The molecule has 5 nitrogen and oxygen atoms in total. The van der Waals surface area contributed by atoms with Crippen LogP contribution in [0, 0.1) is 6.92 Å². The van der Waals surface area contributed by atoms with E-state index >= 15 is 0 Å². The SMILES string of the molecule is COC(=O)c1cc(=O)[nH]c(C)c1N. The van der Waals surface area contributed by atoms with Gasteiger partial charge in [-0.3, -0.25) is 4.79 Å². The van der Waals surface area contributed by atoms with Crippen LogP contribution in [0.3, 0.4) is 0 Å². The first-order chi connectivity index (χ1) is 6.06. The van der Waals surface area contributed by atoms with E-state index in [4.69, 9.17) is 5.73 Å². The van der Waals surface area contributed by atoms with E-state index in [0.29, 0.717) is 5.69 Å². The van der Waals surface area contributed by atoms with Gasteiger partial charge in [0, 0.05) is 11.8 Å². The Morgan fingerprint density at radius 1 is 1.62 bits per heavy atom. The molecule has 0 bridgehead atoms. The molecule has 0 aliphatic heterocycles. The van der Waals surface area contributed by atoms with Crippen LogP contribution in [0.15, 0.2) is 10.9 Å². The number of nitrogens with one attached hydrogen (secondary N) is 1. The minimum Gasteiger partial charge on any atom is -0.465 e. The summed E-state index contributed by atoms with van der Waals surface area (Å²) in [6.07, 6.45) is 0. The third-order valence-electron chi connectivity index (χ3n) is 1.69. The topological polar surface area (TPSA) is 85.2 Å². The third-order valence-corrected chi connectivity index (χ3v) is 1.69. The number of carbonyl (C=O) groups is 1. The van der Waals surface area contributed by atoms with E-state index in [1.54, 1.807) is 6.92 Å². The van der Waals surface area contributed by atoms with Crippen LogP contribution in [0.25, 0.3) is 0 Å². The molecule has 0 spiro atoms. The Labute approximate surface area is 74.5 Å². The van der Waals surface area contributed by atoms with Gasteiger partial charge in [-0.1, -0.05) is 0 Å². The van der Waals surface area contributed by atoms with Gasteiger partial charge in [0.05, 0.1) is 18.4 Å². The van der Waals surface area contributed by atoms with Crippen LogP contribution in [0.5, 0.6) is 0 Å². The Bertz CT molecular complexity index is 395. The number of hydrogen-bond acceptors (Lipinski definition) is 4. The lowest BCUT2D eigenvalue weighted by Crippen LogP contribution is -2.15. The first-order valence-electron chi connectivity index (χ1n) is 3.64. The number of nitrogens with two attached hydrogens (primary N) is 1. The van der Waals surface area contributed by atoms with Gasteiger partial charge in [-0.05, 0) is 6.92 Å². The standard InChI is InChI=1S/C8H10N2O3/c1-4-7(9)5(8(12)13-2)3-6(11)10-4/h3H,9H2,1-2H3,(H,10,11). The number of rotatable bonds is 1. The van der Waals surface area contributed by atoms with Crippen molar-refractivity contribution in [1.82, 2.24) is 4.98 Å². The molecule has 1 heterocycles. The maximum absolute atomic E-state index is 11.1. The second-order valence-corrected chi connectivity index (χ2v) is 2.58. The van der Waals surface area contributed by atoms with Gasteiger partial charge >= 0.3 is 5.97 Å². The molecule has 0 aromatic carbocycles. The van der Waals surface area contributed by atoms with Crippen molar-refractivity contribution >= 4 is 11.7 Å². The lowest BCUT2D eigenvalue weighted by molar-refractivity contribution is 0.0601. The largest absolute Gasteiger partial charge is 0.465 e. The number of hydrogen-bond donors (Lipinski definition) is 2. The molecule has 1 rings (SSSR count). The lowest BCUT2D eigenvalue weighted by Gasteiger charge is -2.04. The first-order valence-corrected chi connectivity index (χ1v) is 3.64.